The van der Waals surface area contributed by atoms with Gasteiger partial charge in [0.05, 0.1) is 19.3 Å². The minimum Gasteiger partial charge on any atom is -0.236 e. The van der Waals surface area contributed by atoms with E-state index in [2.05, 4.69) is 55.7 Å². The van der Waals surface area contributed by atoms with Crippen molar-refractivity contribution in [3.8, 4) is 5.82 Å². The number of hydrogen-bond acceptors (Lipinski definition) is 0. The number of aryl methyl sites for hydroxylation is 2. The normalized spacial score (nSPS) is 11.8. The lowest BCUT2D eigenvalue weighted by Gasteiger charge is -2.11. The third-order valence-electron chi connectivity index (χ3n) is 5.07. The molecule has 0 aliphatic rings. The molecule has 126 valence electrons. The molecule has 0 radical (unpaired) electrons. The number of rotatable bonds is 2. The second-order valence-electron chi connectivity index (χ2n) is 7.00. The van der Waals surface area contributed by atoms with Crippen LogP contribution < -0.4 is 4.57 Å². The first-order valence-corrected chi connectivity index (χ1v) is 8.67. The topological polar surface area (TPSA) is 8.81 Å². The van der Waals surface area contributed by atoms with Gasteiger partial charge in [0.25, 0.3) is 5.82 Å². The fraction of sp³-hybridized carbons (Fsp3) is 0.227. The SMILES string of the molecule is Cc1c(C(C)C)ccc2c3ccccc3n(-c3cc(F)cc[n+]3C)c12. The van der Waals surface area contributed by atoms with E-state index in [-0.39, 0.29) is 5.82 Å². The maximum Gasteiger partial charge on any atom is 0.289 e. The van der Waals surface area contributed by atoms with Gasteiger partial charge in [0.15, 0.2) is 0 Å². The summed E-state index contributed by atoms with van der Waals surface area (Å²) in [6.45, 7) is 6.60. The average molecular weight is 333 g/mol. The average Bonchev–Trinajstić information content (AvgIpc) is 2.92. The van der Waals surface area contributed by atoms with Crippen LogP contribution in [0.15, 0.2) is 54.7 Å². The summed E-state index contributed by atoms with van der Waals surface area (Å²) < 4.78 is 18.2. The van der Waals surface area contributed by atoms with Gasteiger partial charge in [0, 0.05) is 22.4 Å². The van der Waals surface area contributed by atoms with E-state index in [1.165, 1.54) is 28.0 Å². The molecule has 0 bridgehead atoms. The largest absolute Gasteiger partial charge is 0.289 e. The molecule has 4 aromatic rings. The van der Waals surface area contributed by atoms with Crippen molar-refractivity contribution in [1.82, 2.24) is 4.57 Å². The molecule has 2 aromatic carbocycles. The highest BCUT2D eigenvalue weighted by Gasteiger charge is 2.24. The first-order chi connectivity index (χ1) is 12.0. The standard InChI is InChI=1S/C22H22FN2/c1-14(2)17-9-10-19-18-7-5-6-8-20(18)25(22(19)15(17)3)21-13-16(23)11-12-24(21)4/h5-14H,1-4H3/q+1. The molecular weight excluding hydrogens is 311 g/mol. The molecular formula is C22H22FN2+. The molecule has 0 saturated carbocycles. The number of fused-ring (bicyclic) bond motifs is 3. The third-order valence-corrected chi connectivity index (χ3v) is 5.07. The van der Waals surface area contributed by atoms with Crippen molar-refractivity contribution in [3.05, 3.63) is 71.7 Å². The third kappa shape index (κ3) is 2.34. The Kier molecular flexibility index (Phi) is 3.60. The van der Waals surface area contributed by atoms with Crippen LogP contribution in [0.1, 0.15) is 30.9 Å². The summed E-state index contributed by atoms with van der Waals surface area (Å²) >= 11 is 0. The van der Waals surface area contributed by atoms with Gasteiger partial charge in [-0.25, -0.2) is 8.96 Å². The maximum absolute atomic E-state index is 14.0. The number of benzene rings is 2. The van der Waals surface area contributed by atoms with E-state index >= 15 is 0 Å². The Balaban J connectivity index is 2.24. The van der Waals surface area contributed by atoms with Gasteiger partial charge in [-0.2, -0.15) is 4.57 Å². The number of pyridine rings is 1. The second-order valence-corrected chi connectivity index (χ2v) is 7.00. The van der Waals surface area contributed by atoms with E-state index in [0.717, 1.165) is 16.9 Å². The zero-order chi connectivity index (χ0) is 17.7. The van der Waals surface area contributed by atoms with Crippen LogP contribution in [-0.4, -0.2) is 4.57 Å². The molecule has 25 heavy (non-hydrogen) atoms. The van der Waals surface area contributed by atoms with Gasteiger partial charge in [0.1, 0.15) is 16.9 Å². The molecule has 0 spiro atoms. The second kappa shape index (κ2) is 5.69. The van der Waals surface area contributed by atoms with E-state index < -0.39 is 0 Å². The first kappa shape index (κ1) is 15.8. The summed E-state index contributed by atoms with van der Waals surface area (Å²) in [7, 11) is 1.96. The van der Waals surface area contributed by atoms with Crippen LogP contribution in [0.25, 0.3) is 27.6 Å². The van der Waals surface area contributed by atoms with Gasteiger partial charge in [-0.05, 0) is 36.6 Å². The number of halogens is 1. The van der Waals surface area contributed by atoms with Gasteiger partial charge in [-0.1, -0.05) is 32.0 Å². The Morgan fingerprint density at radius 1 is 1.00 bits per heavy atom. The summed E-state index contributed by atoms with van der Waals surface area (Å²) in [4.78, 5) is 0. The number of para-hydroxylation sites is 1. The van der Waals surface area contributed by atoms with E-state index in [4.69, 9.17) is 0 Å². The van der Waals surface area contributed by atoms with Crippen molar-refractivity contribution in [2.45, 2.75) is 26.7 Å². The van der Waals surface area contributed by atoms with E-state index in [1.54, 1.807) is 12.3 Å². The quantitative estimate of drug-likeness (QED) is 0.447. The number of hydrogen-bond donors (Lipinski definition) is 0. The van der Waals surface area contributed by atoms with Crippen molar-refractivity contribution < 1.29 is 8.96 Å². The van der Waals surface area contributed by atoms with Crippen LogP contribution in [0, 0.1) is 12.7 Å². The lowest BCUT2D eigenvalue weighted by molar-refractivity contribution is -0.665. The Hall–Kier alpha value is -2.68. The summed E-state index contributed by atoms with van der Waals surface area (Å²) in [5.74, 6) is 1.05. The molecule has 2 aromatic heterocycles. The first-order valence-electron chi connectivity index (χ1n) is 8.67. The molecule has 0 aliphatic carbocycles. The smallest absolute Gasteiger partial charge is 0.236 e. The zero-order valence-electron chi connectivity index (χ0n) is 15.0. The molecule has 0 unspecified atom stereocenters. The van der Waals surface area contributed by atoms with Crippen LogP contribution in [0.4, 0.5) is 4.39 Å². The Labute approximate surface area is 147 Å². The fourth-order valence-corrected chi connectivity index (χ4v) is 3.86. The molecule has 2 heterocycles. The molecule has 4 rings (SSSR count). The molecule has 2 nitrogen and oxygen atoms in total. The van der Waals surface area contributed by atoms with Crippen LogP contribution in [0.2, 0.25) is 0 Å². The van der Waals surface area contributed by atoms with E-state index in [0.29, 0.717) is 5.92 Å². The Bertz CT molecular complexity index is 1110. The lowest BCUT2D eigenvalue weighted by Crippen LogP contribution is -2.33. The van der Waals surface area contributed by atoms with Crippen LogP contribution in [0.5, 0.6) is 0 Å². The molecule has 0 atom stereocenters. The molecule has 0 aliphatic heterocycles. The van der Waals surface area contributed by atoms with Crippen LogP contribution in [0.3, 0.4) is 0 Å². The summed E-state index contributed by atoms with van der Waals surface area (Å²) in [5, 5.41) is 2.40. The highest BCUT2D eigenvalue weighted by Crippen LogP contribution is 2.36. The van der Waals surface area contributed by atoms with Gasteiger partial charge < -0.3 is 0 Å². The van der Waals surface area contributed by atoms with Crippen LogP contribution in [-0.2, 0) is 7.05 Å². The molecule has 0 fully saturated rings. The van der Waals surface area contributed by atoms with E-state index in [9.17, 15) is 4.39 Å². The summed E-state index contributed by atoms with van der Waals surface area (Å²) in [6, 6.07) is 15.9. The summed E-state index contributed by atoms with van der Waals surface area (Å²) in [5.41, 5.74) is 4.85. The van der Waals surface area contributed by atoms with Crippen molar-refractivity contribution in [2.75, 3.05) is 0 Å². The molecule has 0 N–H and O–H groups in total. The summed E-state index contributed by atoms with van der Waals surface area (Å²) in [6.07, 6.45) is 1.77. The van der Waals surface area contributed by atoms with Crippen LogP contribution >= 0.6 is 0 Å². The van der Waals surface area contributed by atoms with E-state index in [1.807, 2.05) is 17.7 Å². The predicted molar refractivity (Wildman–Crippen MR) is 101 cm³/mol. The van der Waals surface area contributed by atoms with Gasteiger partial charge in [-0.3, -0.25) is 0 Å². The van der Waals surface area contributed by atoms with Gasteiger partial charge in [-0.15, -0.1) is 0 Å². The predicted octanol–water partition coefficient (Wildman–Crippen LogP) is 5.18. The maximum atomic E-state index is 14.0. The van der Waals surface area contributed by atoms with Crippen molar-refractivity contribution >= 4 is 21.8 Å². The molecule has 3 heteroatoms. The zero-order valence-corrected chi connectivity index (χ0v) is 15.0. The number of nitrogens with zero attached hydrogens (tertiary/aromatic N) is 2. The highest BCUT2D eigenvalue weighted by molar-refractivity contribution is 6.10. The Morgan fingerprint density at radius 3 is 2.52 bits per heavy atom. The lowest BCUT2D eigenvalue weighted by atomic mass is 9.95. The van der Waals surface area contributed by atoms with Crippen molar-refractivity contribution in [2.24, 2.45) is 7.05 Å². The minimum atomic E-state index is -0.225. The van der Waals surface area contributed by atoms with Crippen molar-refractivity contribution in [3.63, 3.8) is 0 Å². The molecule has 0 saturated heterocycles. The highest BCUT2D eigenvalue weighted by atomic mass is 19.1. The monoisotopic (exact) mass is 333 g/mol. The fourth-order valence-electron chi connectivity index (χ4n) is 3.86. The molecule has 0 amide bonds. The Morgan fingerprint density at radius 2 is 1.76 bits per heavy atom. The van der Waals surface area contributed by atoms with Gasteiger partial charge in [0.2, 0.25) is 0 Å². The minimum absolute atomic E-state index is 0.225. The number of aromatic nitrogens is 2. The van der Waals surface area contributed by atoms with Crippen molar-refractivity contribution in [1.29, 1.82) is 0 Å². The van der Waals surface area contributed by atoms with Gasteiger partial charge >= 0.3 is 0 Å².